The molecule has 1 aromatic heterocycles. The fourth-order valence-electron chi connectivity index (χ4n) is 3.35. The van der Waals surface area contributed by atoms with Crippen LogP contribution in [0.3, 0.4) is 0 Å². The largest absolute Gasteiger partial charge is 0.510 e. The number of nitrogens with one attached hydrogen (secondary N) is 1. The topological polar surface area (TPSA) is 65.1 Å². The summed E-state index contributed by atoms with van der Waals surface area (Å²) in [6.07, 6.45) is 0. The van der Waals surface area contributed by atoms with E-state index in [4.69, 9.17) is 17.0 Å². The second-order valence-corrected chi connectivity index (χ2v) is 7.08. The lowest BCUT2D eigenvalue weighted by molar-refractivity contribution is 0.347. The van der Waals surface area contributed by atoms with E-state index < -0.39 is 0 Å². The molecule has 2 heterocycles. The van der Waals surface area contributed by atoms with Crippen LogP contribution in [-0.4, -0.2) is 31.9 Å². The molecule has 0 radical (unpaired) electrons. The Bertz CT molecular complexity index is 1050. The SMILES string of the molecule is Cc1ccc2c(c1)nc(C1=C(O)CN(Cc3ccc(Cl)cc3)C1=N)n2C. The van der Waals surface area contributed by atoms with Gasteiger partial charge in [-0.05, 0) is 42.3 Å². The van der Waals surface area contributed by atoms with Gasteiger partial charge in [0.25, 0.3) is 0 Å². The summed E-state index contributed by atoms with van der Waals surface area (Å²) in [4.78, 5) is 6.50. The molecule has 0 amide bonds. The molecule has 0 saturated heterocycles. The van der Waals surface area contributed by atoms with Gasteiger partial charge in [0.05, 0.1) is 23.2 Å². The van der Waals surface area contributed by atoms with Crippen molar-refractivity contribution < 1.29 is 5.11 Å². The molecule has 26 heavy (non-hydrogen) atoms. The maximum Gasteiger partial charge on any atom is 0.148 e. The van der Waals surface area contributed by atoms with Crippen molar-refractivity contribution in [3.63, 3.8) is 0 Å². The van der Waals surface area contributed by atoms with E-state index >= 15 is 0 Å². The molecule has 2 aromatic carbocycles. The van der Waals surface area contributed by atoms with Crippen molar-refractivity contribution in [3.05, 3.63) is 70.2 Å². The fraction of sp³-hybridized carbons (Fsp3) is 0.200. The zero-order valence-electron chi connectivity index (χ0n) is 14.6. The molecule has 2 N–H and O–H groups in total. The molecule has 1 aliphatic rings. The van der Waals surface area contributed by atoms with Gasteiger partial charge in [-0.3, -0.25) is 5.41 Å². The quantitative estimate of drug-likeness (QED) is 0.726. The van der Waals surface area contributed by atoms with Gasteiger partial charge >= 0.3 is 0 Å². The summed E-state index contributed by atoms with van der Waals surface area (Å²) < 4.78 is 1.93. The van der Waals surface area contributed by atoms with E-state index in [-0.39, 0.29) is 11.6 Å². The Morgan fingerprint density at radius 1 is 1.19 bits per heavy atom. The van der Waals surface area contributed by atoms with Gasteiger partial charge in [0.1, 0.15) is 17.4 Å². The highest BCUT2D eigenvalue weighted by atomic mass is 35.5. The Morgan fingerprint density at radius 3 is 2.65 bits per heavy atom. The number of aliphatic hydroxyl groups is 1. The molecule has 0 saturated carbocycles. The molecule has 1 aliphatic heterocycles. The van der Waals surface area contributed by atoms with Gasteiger partial charge in [0, 0.05) is 18.6 Å². The van der Waals surface area contributed by atoms with Crippen LogP contribution in [-0.2, 0) is 13.6 Å². The molecule has 0 atom stereocenters. The second kappa shape index (κ2) is 6.18. The van der Waals surface area contributed by atoms with Crippen LogP contribution in [0.2, 0.25) is 5.02 Å². The highest BCUT2D eigenvalue weighted by molar-refractivity contribution is 6.30. The third-order valence-corrected chi connectivity index (χ3v) is 4.98. The summed E-state index contributed by atoms with van der Waals surface area (Å²) in [6.45, 7) is 2.86. The molecule has 3 aromatic rings. The first-order chi connectivity index (χ1) is 12.4. The van der Waals surface area contributed by atoms with Crippen LogP contribution in [0.4, 0.5) is 0 Å². The third-order valence-electron chi connectivity index (χ3n) is 4.73. The van der Waals surface area contributed by atoms with Gasteiger partial charge in [-0.1, -0.05) is 29.8 Å². The van der Waals surface area contributed by atoms with E-state index in [9.17, 15) is 5.11 Å². The lowest BCUT2D eigenvalue weighted by atomic mass is 10.2. The Kier molecular flexibility index (Phi) is 3.96. The van der Waals surface area contributed by atoms with Crippen molar-refractivity contribution in [2.75, 3.05) is 6.54 Å². The number of aromatic nitrogens is 2. The molecular weight excluding hydrogens is 348 g/mol. The zero-order chi connectivity index (χ0) is 18.4. The highest BCUT2D eigenvalue weighted by Crippen LogP contribution is 2.30. The van der Waals surface area contributed by atoms with Crippen LogP contribution >= 0.6 is 11.6 Å². The third kappa shape index (κ3) is 2.74. The van der Waals surface area contributed by atoms with Gasteiger partial charge in [-0.25, -0.2) is 4.98 Å². The minimum absolute atomic E-state index is 0.180. The number of aryl methyl sites for hydroxylation is 2. The van der Waals surface area contributed by atoms with Crippen LogP contribution in [0, 0.1) is 12.3 Å². The number of nitrogens with zero attached hydrogens (tertiary/aromatic N) is 3. The molecule has 0 unspecified atom stereocenters. The average Bonchev–Trinajstić information content (AvgIpc) is 3.06. The smallest absolute Gasteiger partial charge is 0.148 e. The maximum atomic E-state index is 10.5. The summed E-state index contributed by atoms with van der Waals surface area (Å²) in [5, 5.41) is 19.8. The fourth-order valence-corrected chi connectivity index (χ4v) is 3.47. The van der Waals surface area contributed by atoms with Gasteiger partial charge in [-0.15, -0.1) is 0 Å². The number of rotatable bonds is 3. The molecule has 0 fully saturated rings. The van der Waals surface area contributed by atoms with Crippen molar-refractivity contribution in [2.45, 2.75) is 13.5 Å². The second-order valence-electron chi connectivity index (χ2n) is 6.64. The van der Waals surface area contributed by atoms with E-state index in [0.717, 1.165) is 22.2 Å². The molecule has 5 nitrogen and oxygen atoms in total. The van der Waals surface area contributed by atoms with Crippen LogP contribution < -0.4 is 0 Å². The lowest BCUT2D eigenvalue weighted by Crippen LogP contribution is -2.26. The first kappa shape index (κ1) is 16.7. The Morgan fingerprint density at radius 2 is 1.92 bits per heavy atom. The predicted octanol–water partition coefficient (Wildman–Crippen LogP) is 4.30. The van der Waals surface area contributed by atoms with Crippen molar-refractivity contribution >= 4 is 34.0 Å². The highest BCUT2D eigenvalue weighted by Gasteiger charge is 2.31. The first-order valence-corrected chi connectivity index (χ1v) is 8.75. The summed E-state index contributed by atoms with van der Waals surface area (Å²) in [7, 11) is 1.91. The van der Waals surface area contributed by atoms with E-state index in [1.807, 2.05) is 65.9 Å². The summed E-state index contributed by atoms with van der Waals surface area (Å²) in [5.41, 5.74) is 4.51. The number of hydrogen-bond acceptors (Lipinski definition) is 3. The Hall–Kier alpha value is -2.79. The van der Waals surface area contributed by atoms with Crippen LogP contribution in [0.1, 0.15) is 17.0 Å². The number of halogens is 1. The van der Waals surface area contributed by atoms with Crippen molar-refractivity contribution in [1.82, 2.24) is 14.5 Å². The number of hydrogen-bond donors (Lipinski definition) is 2. The first-order valence-electron chi connectivity index (χ1n) is 8.38. The molecule has 0 bridgehead atoms. The van der Waals surface area contributed by atoms with Gasteiger partial charge < -0.3 is 14.6 Å². The number of fused-ring (bicyclic) bond motifs is 1. The normalized spacial score (nSPS) is 14.7. The number of imidazole rings is 1. The summed E-state index contributed by atoms with van der Waals surface area (Å²) in [6, 6.07) is 13.6. The van der Waals surface area contributed by atoms with Crippen molar-refractivity contribution in [3.8, 4) is 0 Å². The number of aliphatic hydroxyl groups excluding tert-OH is 1. The van der Waals surface area contributed by atoms with Gasteiger partial charge in [0.15, 0.2) is 0 Å². The molecule has 0 aliphatic carbocycles. The van der Waals surface area contributed by atoms with Gasteiger partial charge in [0.2, 0.25) is 0 Å². The molecular formula is C20H19ClN4O. The summed E-state index contributed by atoms with van der Waals surface area (Å²) in [5.74, 6) is 1.08. The molecule has 6 heteroatoms. The predicted molar refractivity (Wildman–Crippen MR) is 105 cm³/mol. The Balaban J connectivity index is 1.67. The molecule has 0 spiro atoms. The lowest BCUT2D eigenvalue weighted by Gasteiger charge is -2.18. The maximum absolute atomic E-state index is 10.5. The monoisotopic (exact) mass is 366 g/mol. The van der Waals surface area contributed by atoms with Crippen LogP contribution in [0.15, 0.2) is 48.2 Å². The van der Waals surface area contributed by atoms with Crippen molar-refractivity contribution in [1.29, 1.82) is 5.41 Å². The Labute approximate surface area is 156 Å². The van der Waals surface area contributed by atoms with E-state index in [1.54, 1.807) is 0 Å². The summed E-state index contributed by atoms with van der Waals surface area (Å²) >= 11 is 5.94. The van der Waals surface area contributed by atoms with Gasteiger partial charge in [-0.2, -0.15) is 0 Å². The average molecular weight is 367 g/mol. The van der Waals surface area contributed by atoms with Crippen molar-refractivity contribution in [2.24, 2.45) is 7.05 Å². The number of benzene rings is 2. The molecule has 132 valence electrons. The van der Waals surface area contributed by atoms with Crippen LogP contribution in [0.25, 0.3) is 16.6 Å². The van der Waals surface area contributed by atoms with E-state index in [1.165, 1.54) is 0 Å². The standard InChI is InChI=1S/C20H19ClN4O/c1-12-3-8-16-15(9-12)23-20(24(16)2)18-17(26)11-25(19(18)22)10-13-4-6-14(21)7-5-13/h3-9,22,26H,10-11H2,1-2H3. The van der Waals surface area contributed by atoms with E-state index in [0.29, 0.717) is 29.5 Å². The zero-order valence-corrected chi connectivity index (χ0v) is 15.4. The van der Waals surface area contributed by atoms with E-state index in [2.05, 4.69) is 4.98 Å². The minimum atomic E-state index is 0.180. The minimum Gasteiger partial charge on any atom is -0.510 e. The van der Waals surface area contributed by atoms with Crippen LogP contribution in [0.5, 0.6) is 0 Å². The number of amidine groups is 1. The molecule has 4 rings (SSSR count).